The van der Waals surface area contributed by atoms with Gasteiger partial charge in [0.15, 0.2) is 15.7 Å². The largest absolute Gasteiger partial charge is 0.385 e. The summed E-state index contributed by atoms with van der Waals surface area (Å²) in [6.45, 7) is 6.54. The first kappa shape index (κ1) is 35.9. The zero-order valence-electron chi connectivity index (χ0n) is 25.2. The van der Waals surface area contributed by atoms with Gasteiger partial charge in [0, 0.05) is 37.8 Å². The fourth-order valence-corrected chi connectivity index (χ4v) is 4.72. The third-order valence-electron chi connectivity index (χ3n) is 6.18. The minimum Gasteiger partial charge on any atom is -0.385 e. The first-order chi connectivity index (χ1) is 22.0. The van der Waals surface area contributed by atoms with Gasteiger partial charge in [0.05, 0.1) is 46.5 Å². The lowest BCUT2D eigenvalue weighted by Crippen LogP contribution is -2.16. The summed E-state index contributed by atoms with van der Waals surface area (Å²) >= 11 is 0. The van der Waals surface area contributed by atoms with Gasteiger partial charge in [-0.25, -0.2) is 13.4 Å². The molecule has 0 saturated heterocycles. The van der Waals surface area contributed by atoms with Crippen LogP contribution < -0.4 is 10.6 Å². The number of sulfone groups is 1. The highest BCUT2D eigenvalue weighted by Gasteiger charge is 2.17. The number of hydrogen-bond acceptors (Lipinski definition) is 14. The average Bonchev–Trinajstić information content (AvgIpc) is 3.03. The van der Waals surface area contributed by atoms with Crippen LogP contribution in [0, 0.1) is 18.3 Å². The number of benzene rings is 2. The molecule has 0 aliphatic carbocycles. The van der Waals surface area contributed by atoms with Crippen molar-refractivity contribution >= 4 is 54.3 Å². The molecule has 0 bridgehead atoms. The minimum absolute atomic E-state index is 0.00458. The summed E-state index contributed by atoms with van der Waals surface area (Å²) in [7, 11) is -6.05. The zero-order chi connectivity index (χ0) is 33.6. The average molecular weight is 671 g/mol. The summed E-state index contributed by atoms with van der Waals surface area (Å²) < 4.78 is 65.1. The maximum absolute atomic E-state index is 11.6. The second-order valence-electron chi connectivity index (χ2n) is 9.50. The lowest BCUT2D eigenvalue weighted by molar-refractivity contribution is 0.159. The van der Waals surface area contributed by atoms with E-state index in [9.17, 15) is 22.1 Å². The van der Waals surface area contributed by atoms with Gasteiger partial charge < -0.3 is 20.1 Å². The Morgan fingerprint density at radius 1 is 0.891 bits per heavy atom. The number of azo groups is 2. The van der Waals surface area contributed by atoms with Crippen molar-refractivity contribution in [3.63, 3.8) is 0 Å². The molecular formula is C29H34N8O7S2. The number of methoxy groups -OCH3 is 1. The first-order valence-corrected chi connectivity index (χ1v) is 17.0. The Balaban J connectivity index is 1.78. The van der Waals surface area contributed by atoms with Gasteiger partial charge in [0.1, 0.15) is 17.6 Å². The van der Waals surface area contributed by atoms with E-state index in [1.54, 1.807) is 38.3 Å². The van der Waals surface area contributed by atoms with Crippen LogP contribution in [-0.4, -0.2) is 72.1 Å². The van der Waals surface area contributed by atoms with Crippen LogP contribution in [0.2, 0.25) is 0 Å². The number of nitrogens with one attached hydrogen (secondary N) is 2. The van der Waals surface area contributed by atoms with Crippen LogP contribution in [0.15, 0.2) is 85.9 Å². The van der Waals surface area contributed by atoms with Crippen LogP contribution in [-0.2, 0) is 29.4 Å². The van der Waals surface area contributed by atoms with Gasteiger partial charge in [-0.05, 0) is 61.9 Å². The molecule has 0 atom stereocenters. The van der Waals surface area contributed by atoms with E-state index in [4.69, 9.17) is 14.0 Å². The van der Waals surface area contributed by atoms with Crippen LogP contribution >= 0.6 is 0 Å². The van der Waals surface area contributed by atoms with Crippen LogP contribution in [0.5, 0.6) is 0 Å². The maximum Gasteiger partial charge on any atom is 0.294 e. The Kier molecular flexibility index (Phi) is 13.4. The number of ether oxygens (including phenoxy) is 2. The molecule has 0 aliphatic rings. The minimum atomic E-state index is -4.30. The Labute approximate surface area is 267 Å². The van der Waals surface area contributed by atoms with Crippen molar-refractivity contribution in [2.45, 2.75) is 18.2 Å². The van der Waals surface area contributed by atoms with Crippen molar-refractivity contribution in [1.29, 1.82) is 5.26 Å². The van der Waals surface area contributed by atoms with Gasteiger partial charge in [-0.3, -0.25) is 4.55 Å². The van der Waals surface area contributed by atoms with E-state index < -0.39 is 20.0 Å². The Morgan fingerprint density at radius 2 is 1.46 bits per heavy atom. The molecule has 3 rings (SSSR count). The monoisotopic (exact) mass is 670 g/mol. The van der Waals surface area contributed by atoms with Crippen molar-refractivity contribution in [3.05, 3.63) is 71.6 Å². The van der Waals surface area contributed by atoms with E-state index in [1.165, 1.54) is 24.3 Å². The fraction of sp³-hybridized carbons (Fsp3) is 0.310. The van der Waals surface area contributed by atoms with E-state index >= 15 is 0 Å². The molecule has 244 valence electrons. The number of aromatic nitrogens is 1. The number of hydrogen-bond donors (Lipinski definition) is 3. The molecule has 0 saturated carbocycles. The normalized spacial score (nSPS) is 12.0. The van der Waals surface area contributed by atoms with Crippen molar-refractivity contribution in [3.8, 4) is 6.07 Å². The quantitative estimate of drug-likeness (QED) is 0.0837. The lowest BCUT2D eigenvalue weighted by atomic mass is 10.1. The molecule has 1 aromatic heterocycles. The third-order valence-corrected chi connectivity index (χ3v) is 8.29. The summed E-state index contributed by atoms with van der Waals surface area (Å²) in [4.78, 5) is 4.35. The van der Waals surface area contributed by atoms with E-state index in [0.29, 0.717) is 65.1 Å². The van der Waals surface area contributed by atoms with Crippen LogP contribution in [0.1, 0.15) is 17.5 Å². The molecule has 0 spiro atoms. The summed E-state index contributed by atoms with van der Waals surface area (Å²) in [6, 6.07) is 14.1. The van der Waals surface area contributed by atoms with Crippen LogP contribution in [0.4, 0.5) is 34.4 Å². The fourth-order valence-electron chi connectivity index (χ4n) is 3.72. The standard InChI is InChI=1S/C29H34N8O7S2/c1-4-45(38,39)19-18-44-17-15-32-29-27(21(2)26(20-30)28(33-29)31-14-5-16-43-3)37-36-23-8-6-22(7-9-23)34-35-24-10-12-25(13-11-24)46(40,41)42/h4,6-13H,1,5,14-19H2,2-3H3,(H2,31,32,33)(H,40,41,42)/b35-34+,37-36+. The maximum atomic E-state index is 11.6. The molecule has 3 N–H and O–H groups in total. The Hall–Kier alpha value is -4.60. The molecule has 0 radical (unpaired) electrons. The number of rotatable bonds is 18. The van der Waals surface area contributed by atoms with Crippen molar-refractivity contribution in [2.24, 2.45) is 20.5 Å². The molecule has 0 aliphatic heterocycles. The highest BCUT2D eigenvalue weighted by atomic mass is 32.2. The summed E-state index contributed by atoms with van der Waals surface area (Å²) in [5.74, 6) is 0.546. The Bertz CT molecular complexity index is 1810. The van der Waals surface area contributed by atoms with Crippen molar-refractivity contribution in [1.82, 2.24) is 4.98 Å². The van der Waals surface area contributed by atoms with Gasteiger partial charge in [0.2, 0.25) is 0 Å². The van der Waals surface area contributed by atoms with Gasteiger partial charge in [-0.15, -0.1) is 5.11 Å². The molecule has 3 aromatic rings. The molecule has 1 heterocycles. The molecule has 0 fully saturated rings. The molecule has 0 amide bonds. The number of anilines is 2. The van der Waals surface area contributed by atoms with Gasteiger partial charge in [-0.1, -0.05) is 6.58 Å². The molecular weight excluding hydrogens is 637 g/mol. The van der Waals surface area contributed by atoms with Crippen LogP contribution in [0.3, 0.4) is 0 Å². The van der Waals surface area contributed by atoms with Crippen LogP contribution in [0.25, 0.3) is 0 Å². The summed E-state index contributed by atoms with van der Waals surface area (Å²) in [5, 5.41) is 34.0. The second kappa shape index (κ2) is 17.2. The van der Waals surface area contributed by atoms with E-state index in [2.05, 4.69) is 48.7 Å². The van der Waals surface area contributed by atoms with Gasteiger partial charge in [0.25, 0.3) is 10.1 Å². The van der Waals surface area contributed by atoms with Crippen molar-refractivity contribution in [2.75, 3.05) is 56.4 Å². The SMILES string of the molecule is C=CS(=O)(=O)CCOCCNc1nc(NCCCOC)c(C#N)c(C)c1/N=N/c1ccc(/N=N/c2ccc(S(=O)(=O)O)cc2)cc1. The summed E-state index contributed by atoms with van der Waals surface area (Å²) in [5.41, 5.74) is 2.55. The molecule has 46 heavy (non-hydrogen) atoms. The highest BCUT2D eigenvalue weighted by molar-refractivity contribution is 7.94. The predicted octanol–water partition coefficient (Wildman–Crippen LogP) is 5.77. The smallest absolute Gasteiger partial charge is 0.294 e. The van der Waals surface area contributed by atoms with E-state index in [-0.39, 0.29) is 30.4 Å². The predicted molar refractivity (Wildman–Crippen MR) is 173 cm³/mol. The van der Waals surface area contributed by atoms with Gasteiger partial charge in [-0.2, -0.15) is 29.0 Å². The third kappa shape index (κ3) is 11.1. The van der Waals surface area contributed by atoms with Gasteiger partial charge >= 0.3 is 0 Å². The van der Waals surface area contributed by atoms with E-state index in [0.717, 1.165) is 5.41 Å². The number of pyridine rings is 1. The molecule has 17 heteroatoms. The first-order valence-electron chi connectivity index (χ1n) is 13.8. The molecule has 0 unspecified atom stereocenters. The highest BCUT2D eigenvalue weighted by Crippen LogP contribution is 2.35. The van der Waals surface area contributed by atoms with E-state index in [1.807, 2.05) is 0 Å². The lowest BCUT2D eigenvalue weighted by Gasteiger charge is -2.15. The van der Waals surface area contributed by atoms with Crippen molar-refractivity contribution < 1.29 is 30.9 Å². The second-order valence-corrected chi connectivity index (χ2v) is 13.0. The molecule has 15 nitrogen and oxygen atoms in total. The number of nitriles is 1. The molecule has 2 aromatic carbocycles. The number of nitrogens with zero attached hydrogens (tertiary/aromatic N) is 6. The topological polar surface area (TPSA) is 217 Å². The summed E-state index contributed by atoms with van der Waals surface area (Å²) in [6.07, 6.45) is 0.698. The zero-order valence-corrected chi connectivity index (χ0v) is 26.9. The Morgan fingerprint density at radius 3 is 2.00 bits per heavy atom.